The van der Waals surface area contributed by atoms with Gasteiger partial charge in [-0.25, -0.2) is 4.98 Å². The number of ether oxygens (including phenoxy) is 2. The summed E-state index contributed by atoms with van der Waals surface area (Å²) in [6, 6.07) is 3.79. The number of hydrogen-bond acceptors (Lipinski definition) is 4. The molecule has 4 heteroatoms. The third-order valence-electron chi connectivity index (χ3n) is 12.1. The lowest BCUT2D eigenvalue weighted by Crippen LogP contribution is -2.57. The Bertz CT molecular complexity index is 887. The molecule has 6 rings (SSSR count). The minimum atomic E-state index is 0.0262. The van der Waals surface area contributed by atoms with Crippen molar-refractivity contribution in [3.63, 3.8) is 0 Å². The van der Waals surface area contributed by atoms with Crippen molar-refractivity contribution in [1.82, 2.24) is 4.98 Å². The van der Waals surface area contributed by atoms with E-state index in [-0.39, 0.29) is 6.61 Å². The van der Waals surface area contributed by atoms with E-state index in [1.165, 1.54) is 51.4 Å². The lowest BCUT2D eigenvalue weighted by Gasteiger charge is -2.61. The molecule has 0 aliphatic heterocycles. The summed E-state index contributed by atoms with van der Waals surface area (Å²) in [4.78, 5) is 4.37. The molecule has 0 saturated heterocycles. The van der Waals surface area contributed by atoms with Crippen LogP contribution < -0.4 is 4.74 Å². The number of methoxy groups -OCH3 is 1. The lowest BCUT2D eigenvalue weighted by molar-refractivity contribution is -0.161. The maximum atomic E-state index is 9.24. The van der Waals surface area contributed by atoms with Crippen molar-refractivity contribution in [3.8, 4) is 5.88 Å². The van der Waals surface area contributed by atoms with Crippen LogP contribution in [0, 0.1) is 51.8 Å². The number of nitrogens with zero attached hydrogens (tertiary/aromatic N) is 1. The molecule has 182 valence electrons. The van der Waals surface area contributed by atoms with Crippen LogP contribution >= 0.6 is 0 Å². The van der Waals surface area contributed by atoms with Gasteiger partial charge < -0.3 is 14.6 Å². The number of pyridine rings is 1. The van der Waals surface area contributed by atoms with Crippen LogP contribution in [0.1, 0.15) is 77.7 Å². The molecular formula is C29H43NO3. The van der Waals surface area contributed by atoms with E-state index < -0.39 is 0 Å². The zero-order valence-corrected chi connectivity index (χ0v) is 21.1. The number of rotatable bonds is 6. The van der Waals surface area contributed by atoms with Crippen molar-refractivity contribution in [3.05, 3.63) is 23.9 Å². The average Bonchev–Trinajstić information content (AvgIpc) is 3.33. The smallest absolute Gasteiger partial charge is 0.213 e. The summed E-state index contributed by atoms with van der Waals surface area (Å²) in [5.41, 5.74) is 2.30. The maximum Gasteiger partial charge on any atom is 0.213 e. The molecular weight excluding hydrogens is 410 g/mol. The van der Waals surface area contributed by atoms with Crippen LogP contribution in [-0.2, 0) is 11.3 Å². The van der Waals surface area contributed by atoms with Gasteiger partial charge in [0.1, 0.15) is 0 Å². The molecule has 5 fully saturated rings. The molecule has 33 heavy (non-hydrogen) atoms. The molecule has 0 bridgehead atoms. The Morgan fingerprint density at radius 1 is 1.12 bits per heavy atom. The summed E-state index contributed by atoms with van der Waals surface area (Å²) < 4.78 is 12.4. The third kappa shape index (κ3) is 2.98. The second-order valence-corrected chi connectivity index (χ2v) is 12.9. The number of aliphatic hydroxyl groups excluding tert-OH is 1. The number of aromatic nitrogens is 1. The monoisotopic (exact) mass is 453 g/mol. The van der Waals surface area contributed by atoms with E-state index in [1.54, 1.807) is 6.20 Å². The van der Waals surface area contributed by atoms with Gasteiger partial charge in [0.15, 0.2) is 0 Å². The predicted molar refractivity (Wildman–Crippen MR) is 129 cm³/mol. The highest BCUT2D eigenvalue weighted by molar-refractivity contribution is 5.26. The largest absolute Gasteiger partial charge is 0.477 e. The van der Waals surface area contributed by atoms with E-state index >= 15 is 0 Å². The molecule has 4 nitrogen and oxygen atoms in total. The van der Waals surface area contributed by atoms with Gasteiger partial charge in [0.25, 0.3) is 0 Å². The number of aliphatic hydroxyl groups is 1. The first-order valence-electron chi connectivity index (χ1n) is 13.6. The van der Waals surface area contributed by atoms with Crippen molar-refractivity contribution < 1.29 is 14.6 Å². The van der Waals surface area contributed by atoms with Gasteiger partial charge in [-0.1, -0.05) is 20.8 Å². The van der Waals surface area contributed by atoms with Gasteiger partial charge in [-0.2, -0.15) is 0 Å². The summed E-state index contributed by atoms with van der Waals surface area (Å²) in [5, 5.41) is 9.24. The fourth-order valence-electron chi connectivity index (χ4n) is 10.5. The Morgan fingerprint density at radius 3 is 2.67 bits per heavy atom. The summed E-state index contributed by atoms with van der Waals surface area (Å²) >= 11 is 0. The normalized spacial score (nSPS) is 48.4. The minimum Gasteiger partial charge on any atom is -0.477 e. The highest BCUT2D eigenvalue weighted by Crippen LogP contribution is 2.82. The van der Waals surface area contributed by atoms with Gasteiger partial charge in [0.05, 0.1) is 19.3 Å². The van der Waals surface area contributed by atoms with Crippen molar-refractivity contribution >= 4 is 0 Å². The molecule has 2 unspecified atom stereocenters. The molecule has 0 amide bonds. The van der Waals surface area contributed by atoms with Crippen LogP contribution in [0.2, 0.25) is 0 Å². The Morgan fingerprint density at radius 2 is 1.97 bits per heavy atom. The number of fused-ring (bicyclic) bond motifs is 4. The van der Waals surface area contributed by atoms with Gasteiger partial charge in [0.2, 0.25) is 5.88 Å². The maximum absolute atomic E-state index is 9.24. The molecule has 1 N–H and O–H groups in total. The molecule has 10 atom stereocenters. The van der Waals surface area contributed by atoms with E-state index in [0.717, 1.165) is 41.8 Å². The quantitative estimate of drug-likeness (QED) is 0.585. The second-order valence-electron chi connectivity index (χ2n) is 12.9. The lowest BCUT2D eigenvalue weighted by atomic mass is 9.45. The van der Waals surface area contributed by atoms with Crippen LogP contribution in [0.15, 0.2) is 18.3 Å². The van der Waals surface area contributed by atoms with Gasteiger partial charge in [-0.3, -0.25) is 0 Å². The van der Waals surface area contributed by atoms with Crippen molar-refractivity contribution in [2.45, 2.75) is 84.8 Å². The van der Waals surface area contributed by atoms with Crippen LogP contribution in [0.25, 0.3) is 0 Å². The van der Waals surface area contributed by atoms with E-state index in [2.05, 4.69) is 25.8 Å². The zero-order chi connectivity index (χ0) is 23.0. The van der Waals surface area contributed by atoms with Gasteiger partial charge >= 0.3 is 0 Å². The van der Waals surface area contributed by atoms with Crippen LogP contribution in [0.4, 0.5) is 0 Å². The van der Waals surface area contributed by atoms with E-state index in [0.29, 0.717) is 34.1 Å². The number of hydrogen-bond donors (Lipinski definition) is 1. The van der Waals surface area contributed by atoms with Gasteiger partial charge in [0, 0.05) is 24.8 Å². The molecule has 0 aromatic carbocycles. The molecule has 5 aliphatic carbocycles. The first-order valence-corrected chi connectivity index (χ1v) is 13.6. The third-order valence-corrected chi connectivity index (χ3v) is 12.1. The molecule has 5 aliphatic rings. The SMILES string of the molecule is COC1C[C@H]2[C@@H]3CC[C@H]([C@H](C)COc4ccc(CO)cn4)[C@@]3(C)CC[C@@H]2[C@@]2(C)CC[C@@H]3CC132. The molecule has 1 aromatic rings. The topological polar surface area (TPSA) is 51.6 Å². The Hall–Kier alpha value is -1.13. The fourth-order valence-corrected chi connectivity index (χ4v) is 10.5. The zero-order valence-electron chi connectivity index (χ0n) is 21.1. The standard InChI is InChI=1S/C29H43NO3/c1-18(17-33-26-8-5-19(16-31)15-30-26)22-6-7-23-21-13-25(32-4)29-14-20(29)9-12-28(29,3)24(21)10-11-27(22,23)2/h5,8,15,18,20-25,31H,6-7,9-14,16-17H2,1-4H3/t18-,20-,21+,22-,23+,24+,25?,27-,28-,29?/m1/s1. The van der Waals surface area contributed by atoms with Crippen LogP contribution in [0.3, 0.4) is 0 Å². The molecule has 0 radical (unpaired) electrons. The first-order chi connectivity index (χ1) is 15.9. The second kappa shape index (κ2) is 7.68. The first kappa shape index (κ1) is 22.3. The Balaban J connectivity index is 1.18. The van der Waals surface area contributed by atoms with Crippen LogP contribution in [-0.4, -0.2) is 29.9 Å². The summed E-state index contributed by atoms with van der Waals surface area (Å²) in [7, 11) is 1.99. The van der Waals surface area contributed by atoms with Crippen LogP contribution in [0.5, 0.6) is 5.88 Å². The predicted octanol–water partition coefficient (Wildman–Crippen LogP) is 5.87. The Kier molecular flexibility index (Phi) is 5.20. The minimum absolute atomic E-state index is 0.0262. The van der Waals surface area contributed by atoms with Crippen molar-refractivity contribution in [2.75, 3.05) is 13.7 Å². The highest BCUT2D eigenvalue weighted by atomic mass is 16.5. The fraction of sp³-hybridized carbons (Fsp3) is 0.828. The van der Waals surface area contributed by atoms with E-state index in [4.69, 9.17) is 9.47 Å². The molecule has 1 spiro atoms. The molecule has 5 saturated carbocycles. The summed E-state index contributed by atoms with van der Waals surface area (Å²) in [6.07, 6.45) is 13.4. The van der Waals surface area contributed by atoms with E-state index in [9.17, 15) is 5.11 Å². The van der Waals surface area contributed by atoms with E-state index in [1.807, 2.05) is 19.2 Å². The van der Waals surface area contributed by atoms with Crippen molar-refractivity contribution in [2.24, 2.45) is 51.8 Å². The van der Waals surface area contributed by atoms with Gasteiger partial charge in [-0.15, -0.1) is 0 Å². The van der Waals surface area contributed by atoms with Gasteiger partial charge in [-0.05, 0) is 109 Å². The highest BCUT2D eigenvalue weighted by Gasteiger charge is 2.77. The summed E-state index contributed by atoms with van der Waals surface area (Å²) in [6.45, 7) is 8.45. The van der Waals surface area contributed by atoms with Crippen molar-refractivity contribution in [1.29, 1.82) is 0 Å². The average molecular weight is 454 g/mol. The molecule has 1 heterocycles. The molecule has 1 aromatic heterocycles. The Labute approximate surface area is 199 Å². The summed E-state index contributed by atoms with van der Waals surface area (Å²) in [5.74, 6) is 5.48.